The first-order valence-electron chi connectivity index (χ1n) is 7.34. The van der Waals surface area contributed by atoms with Gasteiger partial charge < -0.3 is 0 Å². The van der Waals surface area contributed by atoms with Gasteiger partial charge in [-0.2, -0.15) is 4.98 Å². The van der Waals surface area contributed by atoms with Crippen LogP contribution in [0.5, 0.6) is 0 Å². The van der Waals surface area contributed by atoms with Crippen molar-refractivity contribution in [3.63, 3.8) is 0 Å². The summed E-state index contributed by atoms with van der Waals surface area (Å²) in [6.07, 6.45) is 11.1. The van der Waals surface area contributed by atoms with Gasteiger partial charge in [-0.25, -0.2) is 9.36 Å². The van der Waals surface area contributed by atoms with Gasteiger partial charge in [0.25, 0.3) is 0 Å². The van der Waals surface area contributed by atoms with E-state index < -0.39 is 0 Å². The summed E-state index contributed by atoms with van der Waals surface area (Å²) in [5.41, 5.74) is 2.51. The second-order valence-electron chi connectivity index (χ2n) is 5.17. The molecule has 0 unspecified atom stereocenters. The topological polar surface area (TPSA) is 66.7 Å². The quantitative estimate of drug-likeness (QED) is 0.557. The van der Waals surface area contributed by atoms with Crippen molar-refractivity contribution >= 4 is 17.6 Å². The van der Waals surface area contributed by atoms with Crippen LogP contribution in [-0.2, 0) is 12.8 Å². The minimum absolute atomic E-state index is 0.226. The number of hydrogen-bond acceptors (Lipinski definition) is 4. The first-order chi connectivity index (χ1) is 11.3. The summed E-state index contributed by atoms with van der Waals surface area (Å²) >= 11 is 0.920. The summed E-state index contributed by atoms with van der Waals surface area (Å²) < 4.78 is 1.76. The monoisotopic (exact) mass is 326 g/mol. The molecule has 0 fully saturated rings. The van der Waals surface area contributed by atoms with Crippen LogP contribution in [-0.4, -0.2) is 16.3 Å². The van der Waals surface area contributed by atoms with E-state index in [2.05, 4.69) is 9.97 Å². The SMILES string of the molecule is O=Cc1sc(=O)[nH]c1-[n+]1ccc(CCCc2ccncc2)cc1. The molecule has 3 aromatic heterocycles. The van der Waals surface area contributed by atoms with E-state index in [4.69, 9.17) is 0 Å². The van der Waals surface area contributed by atoms with E-state index in [-0.39, 0.29) is 4.87 Å². The second-order valence-corrected chi connectivity index (χ2v) is 6.18. The fraction of sp³-hybridized carbons (Fsp3) is 0.176. The van der Waals surface area contributed by atoms with Crippen molar-refractivity contribution in [3.8, 4) is 5.82 Å². The molecule has 116 valence electrons. The Morgan fingerprint density at radius 3 is 2.39 bits per heavy atom. The number of hydrogen-bond donors (Lipinski definition) is 1. The fourth-order valence-corrected chi connectivity index (χ4v) is 3.07. The fourth-order valence-electron chi connectivity index (χ4n) is 2.42. The molecule has 3 rings (SSSR count). The molecule has 0 aromatic carbocycles. The van der Waals surface area contributed by atoms with Crippen molar-refractivity contribution in [2.45, 2.75) is 19.3 Å². The Labute approximate surface area is 137 Å². The molecule has 6 heteroatoms. The first-order valence-corrected chi connectivity index (χ1v) is 8.15. The van der Waals surface area contributed by atoms with Gasteiger partial charge in [0.1, 0.15) is 0 Å². The number of pyridine rings is 2. The molecule has 0 radical (unpaired) electrons. The molecule has 0 atom stereocenters. The minimum atomic E-state index is -0.226. The van der Waals surface area contributed by atoms with Gasteiger partial charge in [-0.05, 0) is 66.0 Å². The van der Waals surface area contributed by atoms with E-state index >= 15 is 0 Å². The van der Waals surface area contributed by atoms with E-state index in [1.54, 1.807) is 4.57 Å². The third kappa shape index (κ3) is 3.78. The summed E-state index contributed by atoms with van der Waals surface area (Å²) in [5.74, 6) is 0.526. The third-order valence-electron chi connectivity index (χ3n) is 3.60. The van der Waals surface area contributed by atoms with Crippen LogP contribution in [0.15, 0.2) is 53.8 Å². The highest BCUT2D eigenvalue weighted by molar-refractivity contribution is 7.11. The van der Waals surface area contributed by atoms with Gasteiger partial charge in [0.2, 0.25) is 0 Å². The molecule has 23 heavy (non-hydrogen) atoms. The number of aldehydes is 1. The largest absolute Gasteiger partial charge is 0.390 e. The molecule has 0 aliphatic carbocycles. The van der Waals surface area contributed by atoms with Crippen molar-refractivity contribution in [2.24, 2.45) is 0 Å². The second kappa shape index (κ2) is 7.11. The lowest BCUT2D eigenvalue weighted by Crippen LogP contribution is -2.31. The van der Waals surface area contributed by atoms with Gasteiger partial charge in [0, 0.05) is 12.4 Å². The molecule has 1 N–H and O–H groups in total. The van der Waals surface area contributed by atoms with Gasteiger partial charge in [-0.1, -0.05) is 0 Å². The molecule has 5 nitrogen and oxygen atoms in total. The van der Waals surface area contributed by atoms with E-state index in [0.29, 0.717) is 17.0 Å². The average molecular weight is 326 g/mol. The number of nitrogens with one attached hydrogen (secondary N) is 1. The summed E-state index contributed by atoms with van der Waals surface area (Å²) in [5, 5.41) is 0. The predicted molar refractivity (Wildman–Crippen MR) is 88.1 cm³/mol. The van der Waals surface area contributed by atoms with Crippen molar-refractivity contribution in [1.29, 1.82) is 0 Å². The molecule has 0 amide bonds. The maximum Gasteiger partial charge on any atom is 0.390 e. The van der Waals surface area contributed by atoms with Crippen LogP contribution in [0.2, 0.25) is 0 Å². The number of nitrogens with zero attached hydrogens (tertiary/aromatic N) is 2. The number of aromatic nitrogens is 3. The van der Waals surface area contributed by atoms with Crippen LogP contribution in [0.3, 0.4) is 0 Å². The Bertz CT molecular complexity index is 838. The van der Waals surface area contributed by atoms with Crippen LogP contribution in [0.25, 0.3) is 5.82 Å². The number of aromatic amines is 1. The number of aryl methyl sites for hydroxylation is 2. The van der Waals surface area contributed by atoms with Gasteiger partial charge in [-0.15, -0.1) is 0 Å². The van der Waals surface area contributed by atoms with Gasteiger partial charge >= 0.3 is 10.7 Å². The van der Waals surface area contributed by atoms with Crippen molar-refractivity contribution in [2.75, 3.05) is 0 Å². The first kappa shape index (κ1) is 15.3. The average Bonchev–Trinajstić information content (AvgIpc) is 2.97. The van der Waals surface area contributed by atoms with Gasteiger partial charge in [0.05, 0.1) is 12.4 Å². The van der Waals surface area contributed by atoms with Crippen LogP contribution in [0.4, 0.5) is 0 Å². The van der Waals surface area contributed by atoms with Crippen LogP contribution >= 0.6 is 11.3 Å². The summed E-state index contributed by atoms with van der Waals surface area (Å²) in [7, 11) is 0. The number of H-pyrrole nitrogens is 1. The normalized spacial score (nSPS) is 10.6. The molecule has 3 heterocycles. The highest BCUT2D eigenvalue weighted by Gasteiger charge is 2.16. The zero-order chi connectivity index (χ0) is 16.1. The molecule has 0 saturated carbocycles. The van der Waals surface area contributed by atoms with Gasteiger partial charge in [-0.3, -0.25) is 9.78 Å². The molecule has 0 spiro atoms. The van der Waals surface area contributed by atoms with Crippen molar-refractivity contribution in [1.82, 2.24) is 9.97 Å². The summed E-state index contributed by atoms with van der Waals surface area (Å²) in [4.78, 5) is 29.2. The van der Waals surface area contributed by atoms with Gasteiger partial charge in [0.15, 0.2) is 11.2 Å². The number of rotatable bonds is 6. The molecule has 3 aromatic rings. The zero-order valence-electron chi connectivity index (χ0n) is 12.4. The summed E-state index contributed by atoms with van der Waals surface area (Å²) in [6.45, 7) is 0. The standard InChI is InChI=1S/C17H15N3O2S/c21-12-15-16(19-17(22)23-15)20-10-6-14(7-11-20)3-1-2-13-4-8-18-9-5-13/h4-12H,1-3H2/p+1. The Balaban J connectivity index is 1.65. The van der Waals surface area contributed by atoms with E-state index in [9.17, 15) is 9.59 Å². The Morgan fingerprint density at radius 2 is 1.74 bits per heavy atom. The minimum Gasteiger partial charge on any atom is -0.297 e. The number of carbonyl (C=O) groups excluding carboxylic acids is 1. The Hall–Kier alpha value is -2.60. The highest BCUT2D eigenvalue weighted by atomic mass is 32.1. The summed E-state index contributed by atoms with van der Waals surface area (Å²) in [6, 6.07) is 8.09. The zero-order valence-corrected chi connectivity index (χ0v) is 13.3. The maximum absolute atomic E-state index is 11.4. The Morgan fingerprint density at radius 1 is 1.09 bits per heavy atom. The third-order valence-corrected chi connectivity index (χ3v) is 4.40. The molecule has 0 saturated heterocycles. The predicted octanol–water partition coefficient (Wildman–Crippen LogP) is 2.10. The van der Waals surface area contributed by atoms with Crippen molar-refractivity contribution < 1.29 is 9.36 Å². The van der Waals surface area contributed by atoms with Crippen LogP contribution in [0.1, 0.15) is 27.2 Å². The lowest BCUT2D eigenvalue weighted by molar-refractivity contribution is -0.599. The molecular formula is C17H16N3O2S+. The highest BCUT2D eigenvalue weighted by Crippen LogP contribution is 2.08. The maximum atomic E-state index is 11.4. The lowest BCUT2D eigenvalue weighted by atomic mass is 10.1. The molecular weight excluding hydrogens is 310 g/mol. The van der Waals surface area contributed by atoms with E-state index in [0.717, 1.165) is 30.6 Å². The van der Waals surface area contributed by atoms with Crippen molar-refractivity contribution in [3.05, 3.63) is 74.7 Å². The number of thiazole rings is 1. The van der Waals surface area contributed by atoms with Crippen LogP contribution in [0, 0.1) is 0 Å². The molecule has 0 aliphatic heterocycles. The molecule has 0 bridgehead atoms. The van der Waals surface area contributed by atoms with E-state index in [1.807, 2.05) is 49.1 Å². The lowest BCUT2D eigenvalue weighted by Gasteiger charge is -2.02. The number of carbonyl (C=O) groups is 1. The van der Waals surface area contributed by atoms with Crippen LogP contribution < -0.4 is 9.44 Å². The smallest absolute Gasteiger partial charge is 0.297 e. The molecule has 0 aliphatic rings. The Kier molecular flexibility index (Phi) is 4.73. The van der Waals surface area contributed by atoms with E-state index in [1.165, 1.54) is 11.1 Å².